The van der Waals surface area contributed by atoms with Crippen molar-refractivity contribution in [3.05, 3.63) is 35.9 Å². The summed E-state index contributed by atoms with van der Waals surface area (Å²) in [6.07, 6.45) is 0.617. The van der Waals surface area contributed by atoms with E-state index in [9.17, 15) is 19.8 Å². The van der Waals surface area contributed by atoms with E-state index in [0.29, 0.717) is 18.4 Å². The van der Waals surface area contributed by atoms with Gasteiger partial charge in [0.05, 0.1) is 0 Å². The van der Waals surface area contributed by atoms with Gasteiger partial charge in [-0.3, -0.25) is 10.1 Å². The molecule has 1 aliphatic rings. The van der Waals surface area contributed by atoms with Crippen LogP contribution in [0.1, 0.15) is 18.4 Å². The van der Waals surface area contributed by atoms with Crippen LogP contribution in [-0.4, -0.2) is 35.4 Å². The van der Waals surface area contributed by atoms with Gasteiger partial charge in [0.1, 0.15) is 5.54 Å². The molecule has 20 heavy (non-hydrogen) atoms. The molecule has 0 saturated carbocycles. The van der Waals surface area contributed by atoms with Crippen molar-refractivity contribution in [1.82, 2.24) is 10.6 Å². The first-order valence-corrected chi connectivity index (χ1v) is 6.56. The number of nitrogens with one attached hydrogen (secondary N) is 2. The molecule has 1 atom stereocenters. The van der Waals surface area contributed by atoms with Crippen LogP contribution in [0.25, 0.3) is 0 Å². The van der Waals surface area contributed by atoms with Gasteiger partial charge in [0.15, 0.2) is 0 Å². The highest BCUT2D eigenvalue weighted by atomic mass is 16.3. The molecule has 4 N–H and O–H groups in total. The fraction of sp³-hybridized carbons (Fsp3) is 0.429. The van der Waals surface area contributed by atoms with E-state index in [0.717, 1.165) is 0 Å². The lowest BCUT2D eigenvalue weighted by molar-refractivity contribution is -0.126. The van der Waals surface area contributed by atoms with Gasteiger partial charge < -0.3 is 15.5 Å². The second kappa shape index (κ2) is 6.02. The molecule has 1 saturated heterocycles. The fourth-order valence-electron chi connectivity index (χ4n) is 2.79. The molecule has 6 heteroatoms. The van der Waals surface area contributed by atoms with Crippen LogP contribution in [0.3, 0.4) is 0 Å². The number of amides is 3. The molecule has 108 valence electrons. The summed E-state index contributed by atoms with van der Waals surface area (Å²) in [4.78, 5) is 23.9. The number of urea groups is 1. The van der Waals surface area contributed by atoms with Crippen molar-refractivity contribution in [1.29, 1.82) is 0 Å². The van der Waals surface area contributed by atoms with Crippen LogP contribution < -0.4 is 10.6 Å². The quantitative estimate of drug-likeness (QED) is 0.555. The number of aliphatic hydroxyl groups excluding tert-OH is 2. The van der Waals surface area contributed by atoms with Crippen molar-refractivity contribution in [3.8, 4) is 0 Å². The summed E-state index contributed by atoms with van der Waals surface area (Å²) in [5.41, 5.74) is -0.584. The Kier molecular flexibility index (Phi) is 4.36. The maximum Gasteiger partial charge on any atom is 0.322 e. The first kappa shape index (κ1) is 14.5. The Balaban J connectivity index is 2.49. The zero-order valence-electron chi connectivity index (χ0n) is 11.0. The van der Waals surface area contributed by atoms with E-state index in [1.165, 1.54) is 0 Å². The Morgan fingerprint density at radius 3 is 2.10 bits per heavy atom. The van der Waals surface area contributed by atoms with Crippen molar-refractivity contribution < 1.29 is 19.8 Å². The van der Waals surface area contributed by atoms with Crippen LogP contribution in [0.2, 0.25) is 0 Å². The minimum Gasteiger partial charge on any atom is -0.396 e. The Labute approximate surface area is 116 Å². The van der Waals surface area contributed by atoms with Crippen LogP contribution in [-0.2, 0) is 10.3 Å². The van der Waals surface area contributed by atoms with Gasteiger partial charge in [0, 0.05) is 13.2 Å². The summed E-state index contributed by atoms with van der Waals surface area (Å²) in [6.45, 7) is -0.245. The number of hydrogen-bond acceptors (Lipinski definition) is 4. The second-order valence-electron chi connectivity index (χ2n) is 4.80. The molecule has 0 aromatic heterocycles. The SMILES string of the molecule is O=C1NC(=O)C(c2ccccc2)(C(CCO)CCO)N1. The molecule has 3 amide bonds. The maximum absolute atomic E-state index is 12.3. The molecule has 1 heterocycles. The van der Waals surface area contributed by atoms with E-state index in [4.69, 9.17) is 0 Å². The molecule has 1 aromatic rings. The number of carbonyl (C=O) groups excluding carboxylic acids is 2. The second-order valence-corrected chi connectivity index (χ2v) is 4.80. The van der Waals surface area contributed by atoms with Gasteiger partial charge in [0.25, 0.3) is 5.91 Å². The number of rotatable bonds is 6. The highest BCUT2D eigenvalue weighted by molar-refractivity contribution is 6.07. The molecule has 1 aromatic carbocycles. The molecule has 0 spiro atoms. The van der Waals surface area contributed by atoms with E-state index in [2.05, 4.69) is 10.6 Å². The van der Waals surface area contributed by atoms with Crippen molar-refractivity contribution in [3.63, 3.8) is 0 Å². The number of aliphatic hydroxyl groups is 2. The maximum atomic E-state index is 12.3. The zero-order valence-corrected chi connectivity index (χ0v) is 11.0. The van der Waals surface area contributed by atoms with Gasteiger partial charge in [-0.2, -0.15) is 0 Å². The van der Waals surface area contributed by atoms with Gasteiger partial charge >= 0.3 is 6.03 Å². The summed E-state index contributed by atoms with van der Waals surface area (Å²) in [5.74, 6) is -0.827. The average molecular weight is 278 g/mol. The highest BCUT2D eigenvalue weighted by Crippen LogP contribution is 2.36. The summed E-state index contributed by atoms with van der Waals surface area (Å²) in [6, 6.07) is 8.34. The third-order valence-electron chi connectivity index (χ3n) is 3.69. The Hall–Kier alpha value is -1.92. The first-order chi connectivity index (χ1) is 9.65. The van der Waals surface area contributed by atoms with Gasteiger partial charge in [-0.25, -0.2) is 4.79 Å². The molecular formula is C14H18N2O4. The van der Waals surface area contributed by atoms with E-state index >= 15 is 0 Å². The third kappa shape index (κ3) is 2.39. The first-order valence-electron chi connectivity index (χ1n) is 6.56. The average Bonchev–Trinajstić information content (AvgIpc) is 2.75. The number of carbonyl (C=O) groups is 2. The van der Waals surface area contributed by atoms with Gasteiger partial charge in [-0.15, -0.1) is 0 Å². The third-order valence-corrected chi connectivity index (χ3v) is 3.69. The van der Waals surface area contributed by atoms with Crippen molar-refractivity contribution in [2.75, 3.05) is 13.2 Å². The number of hydrogen-bond donors (Lipinski definition) is 4. The molecule has 0 aliphatic carbocycles. The Bertz CT molecular complexity index is 485. The monoisotopic (exact) mass is 278 g/mol. The smallest absolute Gasteiger partial charge is 0.322 e. The Morgan fingerprint density at radius 2 is 1.65 bits per heavy atom. The van der Waals surface area contributed by atoms with Crippen molar-refractivity contribution >= 4 is 11.9 Å². The van der Waals surface area contributed by atoms with E-state index in [1.807, 2.05) is 6.07 Å². The summed E-state index contributed by atoms with van der Waals surface area (Å²) in [5, 5.41) is 23.4. The predicted molar refractivity (Wildman–Crippen MR) is 71.7 cm³/mol. The standard InChI is InChI=1S/C14H18N2O4/c17-8-6-11(7-9-18)14(10-4-2-1-3-5-10)12(19)15-13(20)16-14/h1-5,11,17-18H,6-9H2,(H2,15,16,19,20). The molecule has 1 fully saturated rings. The number of imide groups is 1. The van der Waals surface area contributed by atoms with Crippen molar-refractivity contribution in [2.24, 2.45) is 5.92 Å². The topological polar surface area (TPSA) is 98.7 Å². The van der Waals surface area contributed by atoms with Crippen molar-refractivity contribution in [2.45, 2.75) is 18.4 Å². The van der Waals surface area contributed by atoms with Gasteiger partial charge in [0.2, 0.25) is 0 Å². The molecule has 0 radical (unpaired) electrons. The van der Waals surface area contributed by atoms with Crippen LogP contribution >= 0.6 is 0 Å². The zero-order chi connectivity index (χ0) is 14.6. The molecule has 6 nitrogen and oxygen atoms in total. The lowest BCUT2D eigenvalue weighted by Gasteiger charge is -2.34. The van der Waals surface area contributed by atoms with E-state index in [1.54, 1.807) is 24.3 Å². The van der Waals surface area contributed by atoms with Gasteiger partial charge in [-0.1, -0.05) is 30.3 Å². The van der Waals surface area contributed by atoms with Crippen LogP contribution in [0.15, 0.2) is 30.3 Å². The molecular weight excluding hydrogens is 260 g/mol. The van der Waals surface area contributed by atoms with Crippen LogP contribution in [0.4, 0.5) is 4.79 Å². The van der Waals surface area contributed by atoms with Crippen LogP contribution in [0.5, 0.6) is 0 Å². The fourth-order valence-corrected chi connectivity index (χ4v) is 2.79. The lowest BCUT2D eigenvalue weighted by Crippen LogP contribution is -2.50. The molecule has 1 unspecified atom stereocenters. The van der Waals surface area contributed by atoms with E-state index < -0.39 is 17.5 Å². The summed E-state index contributed by atoms with van der Waals surface area (Å²) >= 11 is 0. The summed E-state index contributed by atoms with van der Waals surface area (Å²) in [7, 11) is 0. The Morgan fingerprint density at radius 1 is 1.05 bits per heavy atom. The lowest BCUT2D eigenvalue weighted by atomic mass is 9.75. The molecule has 1 aliphatic heterocycles. The predicted octanol–water partition coefficient (Wildman–Crippen LogP) is 0.102. The van der Waals surface area contributed by atoms with Crippen LogP contribution in [0, 0.1) is 5.92 Å². The van der Waals surface area contributed by atoms with E-state index in [-0.39, 0.29) is 19.1 Å². The summed E-state index contributed by atoms with van der Waals surface area (Å²) < 4.78 is 0. The minimum atomic E-state index is -1.23. The van der Waals surface area contributed by atoms with Gasteiger partial charge in [-0.05, 0) is 24.3 Å². The normalized spacial score (nSPS) is 21.9. The minimum absolute atomic E-state index is 0.123. The molecule has 2 rings (SSSR count). The highest BCUT2D eigenvalue weighted by Gasteiger charge is 2.52. The molecule has 0 bridgehead atoms. The number of benzene rings is 1. The largest absolute Gasteiger partial charge is 0.396 e.